The van der Waals surface area contributed by atoms with Gasteiger partial charge in [-0.25, -0.2) is 17.5 Å². The first-order valence-corrected chi connectivity index (χ1v) is 10.9. The van der Waals surface area contributed by atoms with Crippen LogP contribution in [0.5, 0.6) is 0 Å². The smallest absolute Gasteiger partial charge is 0.338 e. The molecular formula is C22H23N3O5S. The number of rotatable bonds is 7. The van der Waals surface area contributed by atoms with Crippen LogP contribution in [0.3, 0.4) is 0 Å². The monoisotopic (exact) mass is 441 g/mol. The van der Waals surface area contributed by atoms with E-state index in [9.17, 15) is 18.0 Å². The van der Waals surface area contributed by atoms with Crippen LogP contribution < -0.4 is 5.32 Å². The summed E-state index contributed by atoms with van der Waals surface area (Å²) in [7, 11) is -0.785. The highest BCUT2D eigenvalue weighted by Crippen LogP contribution is 2.22. The molecule has 0 aliphatic carbocycles. The van der Waals surface area contributed by atoms with Gasteiger partial charge < -0.3 is 14.6 Å². The Labute approximate surface area is 181 Å². The van der Waals surface area contributed by atoms with E-state index in [4.69, 9.17) is 4.74 Å². The Morgan fingerprint density at radius 2 is 1.74 bits per heavy atom. The molecule has 1 heterocycles. The lowest BCUT2D eigenvalue weighted by molar-refractivity contribution is -0.119. The maximum atomic E-state index is 12.4. The molecule has 0 spiro atoms. The second kappa shape index (κ2) is 9.15. The first-order valence-electron chi connectivity index (χ1n) is 9.42. The quantitative estimate of drug-likeness (QED) is 0.569. The van der Waals surface area contributed by atoms with Gasteiger partial charge in [0, 0.05) is 37.9 Å². The van der Waals surface area contributed by atoms with Gasteiger partial charge >= 0.3 is 5.97 Å². The number of nitrogens with one attached hydrogen (secondary N) is 1. The second-order valence-corrected chi connectivity index (χ2v) is 9.15. The van der Waals surface area contributed by atoms with Crippen molar-refractivity contribution in [3.63, 3.8) is 0 Å². The Morgan fingerprint density at radius 3 is 2.42 bits per heavy atom. The predicted octanol–water partition coefficient (Wildman–Crippen LogP) is 2.83. The van der Waals surface area contributed by atoms with Gasteiger partial charge in [0.15, 0.2) is 6.61 Å². The normalized spacial score (nSPS) is 11.4. The van der Waals surface area contributed by atoms with E-state index in [-0.39, 0.29) is 4.90 Å². The van der Waals surface area contributed by atoms with Gasteiger partial charge in [-0.1, -0.05) is 12.1 Å². The van der Waals surface area contributed by atoms with Gasteiger partial charge in [0.1, 0.15) is 0 Å². The summed E-state index contributed by atoms with van der Waals surface area (Å²) < 4.78 is 32.9. The summed E-state index contributed by atoms with van der Waals surface area (Å²) in [6, 6.07) is 15.2. The zero-order chi connectivity index (χ0) is 22.6. The third-order valence-corrected chi connectivity index (χ3v) is 6.51. The van der Waals surface area contributed by atoms with Crippen LogP contribution in [0.2, 0.25) is 0 Å². The van der Waals surface area contributed by atoms with Crippen molar-refractivity contribution >= 4 is 27.6 Å². The molecule has 0 saturated heterocycles. The number of carbonyl (C=O) groups excluding carboxylic acids is 2. The average molecular weight is 442 g/mol. The minimum Gasteiger partial charge on any atom is -0.452 e. The molecule has 1 amide bonds. The van der Waals surface area contributed by atoms with Gasteiger partial charge in [-0.15, -0.1) is 0 Å². The standard InChI is InChI=1S/C22H23N3O5S/c1-16-9-10-18(14-20(16)31(28,29)24(2)3)23-21(26)15-30-22(27)17-7-6-8-19(13-17)25-11-4-5-12-25/h4-14H,15H2,1-3H3,(H,23,26). The van der Waals surface area contributed by atoms with Gasteiger partial charge in [0.05, 0.1) is 10.5 Å². The average Bonchev–Trinajstić information content (AvgIpc) is 3.28. The fraction of sp³-hybridized carbons (Fsp3) is 0.182. The van der Waals surface area contributed by atoms with Crippen LogP contribution in [0, 0.1) is 6.92 Å². The van der Waals surface area contributed by atoms with Crippen LogP contribution in [0.25, 0.3) is 5.69 Å². The number of sulfonamides is 1. The Hall–Kier alpha value is -3.43. The minimum atomic E-state index is -3.66. The van der Waals surface area contributed by atoms with Crippen LogP contribution in [-0.4, -0.2) is 49.9 Å². The number of aromatic nitrogens is 1. The molecule has 162 valence electrons. The Balaban J connectivity index is 1.65. The third-order valence-electron chi connectivity index (χ3n) is 4.55. The van der Waals surface area contributed by atoms with Crippen molar-refractivity contribution in [3.05, 3.63) is 78.1 Å². The lowest BCUT2D eigenvalue weighted by atomic mass is 10.2. The topological polar surface area (TPSA) is 97.7 Å². The van der Waals surface area contributed by atoms with E-state index in [1.807, 2.05) is 35.2 Å². The summed E-state index contributed by atoms with van der Waals surface area (Å²) in [4.78, 5) is 24.7. The van der Waals surface area contributed by atoms with E-state index in [1.165, 1.54) is 20.2 Å². The number of hydrogen-bond acceptors (Lipinski definition) is 5. The summed E-state index contributed by atoms with van der Waals surface area (Å²) in [6.45, 7) is 1.17. The number of hydrogen-bond donors (Lipinski definition) is 1. The highest BCUT2D eigenvalue weighted by Gasteiger charge is 2.20. The van der Waals surface area contributed by atoms with E-state index in [0.29, 0.717) is 16.8 Å². The van der Waals surface area contributed by atoms with Crippen molar-refractivity contribution in [2.45, 2.75) is 11.8 Å². The van der Waals surface area contributed by atoms with E-state index in [1.54, 1.807) is 37.3 Å². The van der Waals surface area contributed by atoms with Crippen molar-refractivity contribution in [1.82, 2.24) is 8.87 Å². The largest absolute Gasteiger partial charge is 0.452 e. The van der Waals surface area contributed by atoms with Crippen LogP contribution in [0.15, 0.2) is 71.9 Å². The molecular weight excluding hydrogens is 418 g/mol. The molecule has 8 nitrogen and oxygen atoms in total. The first-order chi connectivity index (χ1) is 14.7. The number of anilines is 1. The fourth-order valence-corrected chi connectivity index (χ4v) is 4.01. The first kappa shape index (κ1) is 22.3. The lowest BCUT2D eigenvalue weighted by Gasteiger charge is -2.15. The summed E-state index contributed by atoms with van der Waals surface area (Å²) in [6.07, 6.45) is 3.70. The van der Waals surface area contributed by atoms with E-state index < -0.39 is 28.5 Å². The molecule has 1 N–H and O–H groups in total. The van der Waals surface area contributed by atoms with Crippen molar-refractivity contribution in [3.8, 4) is 5.69 Å². The Kier molecular flexibility index (Phi) is 6.57. The fourth-order valence-electron chi connectivity index (χ4n) is 2.86. The molecule has 3 aromatic rings. The lowest BCUT2D eigenvalue weighted by Crippen LogP contribution is -2.24. The maximum Gasteiger partial charge on any atom is 0.338 e. The van der Waals surface area contributed by atoms with E-state index in [0.717, 1.165) is 9.99 Å². The van der Waals surface area contributed by atoms with E-state index >= 15 is 0 Å². The van der Waals surface area contributed by atoms with Gasteiger partial charge in [-0.2, -0.15) is 0 Å². The summed E-state index contributed by atoms with van der Waals surface area (Å²) in [5.74, 6) is -1.21. The summed E-state index contributed by atoms with van der Waals surface area (Å²) in [5, 5.41) is 2.56. The molecule has 0 fully saturated rings. The van der Waals surface area contributed by atoms with Gasteiger partial charge in [0.25, 0.3) is 5.91 Å². The number of benzene rings is 2. The Bertz CT molecular complexity index is 1200. The predicted molar refractivity (Wildman–Crippen MR) is 117 cm³/mol. The molecule has 0 radical (unpaired) electrons. The molecule has 31 heavy (non-hydrogen) atoms. The number of esters is 1. The molecule has 0 unspecified atom stereocenters. The highest BCUT2D eigenvalue weighted by atomic mass is 32.2. The van der Waals surface area contributed by atoms with Gasteiger partial charge in [-0.3, -0.25) is 4.79 Å². The molecule has 0 aliphatic heterocycles. The molecule has 9 heteroatoms. The van der Waals surface area contributed by atoms with Crippen LogP contribution in [-0.2, 0) is 19.6 Å². The van der Waals surface area contributed by atoms with Gasteiger partial charge in [-0.05, 0) is 55.0 Å². The number of ether oxygens (including phenoxy) is 1. The molecule has 3 rings (SSSR count). The summed E-state index contributed by atoms with van der Waals surface area (Å²) >= 11 is 0. The minimum absolute atomic E-state index is 0.0918. The third kappa shape index (κ3) is 5.19. The zero-order valence-corrected chi connectivity index (χ0v) is 18.2. The van der Waals surface area contributed by atoms with Crippen LogP contribution in [0.4, 0.5) is 5.69 Å². The molecule has 0 aliphatic rings. The van der Waals surface area contributed by atoms with Crippen molar-refractivity contribution in [2.75, 3.05) is 26.0 Å². The van der Waals surface area contributed by atoms with Crippen LogP contribution in [0.1, 0.15) is 15.9 Å². The number of amides is 1. The van der Waals surface area contributed by atoms with Crippen molar-refractivity contribution < 1.29 is 22.7 Å². The number of nitrogens with zero attached hydrogens (tertiary/aromatic N) is 2. The molecule has 1 aromatic heterocycles. The molecule has 0 bridgehead atoms. The van der Waals surface area contributed by atoms with E-state index in [2.05, 4.69) is 5.32 Å². The number of carbonyl (C=O) groups is 2. The highest BCUT2D eigenvalue weighted by molar-refractivity contribution is 7.89. The molecule has 0 saturated carbocycles. The maximum absolute atomic E-state index is 12.4. The van der Waals surface area contributed by atoms with Crippen molar-refractivity contribution in [2.24, 2.45) is 0 Å². The molecule has 2 aromatic carbocycles. The Morgan fingerprint density at radius 1 is 1.03 bits per heavy atom. The zero-order valence-electron chi connectivity index (χ0n) is 17.4. The SMILES string of the molecule is Cc1ccc(NC(=O)COC(=O)c2cccc(-n3cccc3)c2)cc1S(=O)(=O)N(C)C. The molecule has 0 atom stereocenters. The second-order valence-electron chi connectivity index (χ2n) is 7.03. The van der Waals surface area contributed by atoms with Crippen LogP contribution >= 0.6 is 0 Å². The number of aryl methyl sites for hydroxylation is 1. The van der Waals surface area contributed by atoms with Gasteiger partial charge in [0.2, 0.25) is 10.0 Å². The summed E-state index contributed by atoms with van der Waals surface area (Å²) in [5.41, 5.74) is 1.95. The van der Waals surface area contributed by atoms with Crippen molar-refractivity contribution in [1.29, 1.82) is 0 Å².